The monoisotopic (exact) mass is 380 g/mol. The largest absolute Gasteiger partial charge is 0.337 e. The molecule has 1 aliphatic rings. The van der Waals surface area contributed by atoms with E-state index in [0.717, 1.165) is 23.7 Å². The second-order valence-electron chi connectivity index (χ2n) is 6.29. The van der Waals surface area contributed by atoms with Crippen LogP contribution in [-0.4, -0.2) is 46.8 Å². The number of amides is 2. The Balaban J connectivity index is 2.24. The summed E-state index contributed by atoms with van der Waals surface area (Å²) in [4.78, 5) is 29.3. The van der Waals surface area contributed by atoms with Crippen molar-refractivity contribution in [2.24, 2.45) is 0 Å². The van der Waals surface area contributed by atoms with E-state index in [0.29, 0.717) is 18.7 Å². The number of hydrogen-bond donors (Lipinski definition) is 0. The Labute approximate surface area is 147 Å². The minimum Gasteiger partial charge on any atom is -0.337 e. The molecule has 0 saturated carbocycles. The Morgan fingerprint density at radius 2 is 2.09 bits per heavy atom. The summed E-state index contributed by atoms with van der Waals surface area (Å²) in [6.45, 7) is 7.37. The third-order valence-corrected chi connectivity index (χ3v) is 4.81. The van der Waals surface area contributed by atoms with Crippen LogP contribution in [-0.2, 0) is 4.79 Å². The second kappa shape index (κ2) is 7.95. The fraction of sp³-hybridized carbons (Fsp3) is 0.556. The molecule has 2 amide bonds. The van der Waals surface area contributed by atoms with Gasteiger partial charge in [-0.25, -0.2) is 0 Å². The van der Waals surface area contributed by atoms with E-state index in [9.17, 15) is 9.59 Å². The molecular formula is C18H25BrN2O2. The maximum Gasteiger partial charge on any atom is 0.254 e. The Morgan fingerprint density at radius 1 is 1.35 bits per heavy atom. The van der Waals surface area contributed by atoms with Crippen molar-refractivity contribution in [3.05, 3.63) is 34.3 Å². The molecule has 5 heteroatoms. The number of unbranched alkanes of at least 4 members (excludes halogenated alkanes) is 1. The lowest BCUT2D eigenvalue weighted by Crippen LogP contribution is -2.60. The third kappa shape index (κ3) is 4.14. The zero-order valence-corrected chi connectivity index (χ0v) is 15.7. The molecule has 1 aromatic rings. The van der Waals surface area contributed by atoms with Crippen LogP contribution in [0.2, 0.25) is 0 Å². The second-order valence-corrected chi connectivity index (χ2v) is 7.21. The van der Waals surface area contributed by atoms with E-state index in [4.69, 9.17) is 0 Å². The number of hydrogen-bond acceptors (Lipinski definition) is 2. The molecule has 23 heavy (non-hydrogen) atoms. The molecule has 1 atom stereocenters. The summed E-state index contributed by atoms with van der Waals surface area (Å²) in [5.41, 5.74) is 0.631. The van der Waals surface area contributed by atoms with Crippen molar-refractivity contribution in [3.8, 4) is 0 Å². The number of halogens is 1. The Hall–Kier alpha value is -1.36. The fourth-order valence-electron chi connectivity index (χ4n) is 3.03. The lowest BCUT2D eigenvalue weighted by Gasteiger charge is -2.42. The Kier molecular flexibility index (Phi) is 6.22. The Bertz CT molecular complexity index is 574. The summed E-state index contributed by atoms with van der Waals surface area (Å²) >= 11 is 3.41. The van der Waals surface area contributed by atoms with Gasteiger partial charge in [0.25, 0.3) is 5.91 Å². The summed E-state index contributed by atoms with van der Waals surface area (Å²) in [5.74, 6) is 0.0344. The van der Waals surface area contributed by atoms with Gasteiger partial charge in [0.05, 0.1) is 0 Å². The number of carbonyl (C=O) groups is 2. The van der Waals surface area contributed by atoms with Gasteiger partial charge >= 0.3 is 0 Å². The first-order valence-corrected chi connectivity index (χ1v) is 9.12. The van der Waals surface area contributed by atoms with Crippen molar-refractivity contribution >= 4 is 27.7 Å². The molecule has 0 radical (unpaired) electrons. The summed E-state index contributed by atoms with van der Waals surface area (Å²) in [5, 5.41) is 0. The van der Waals surface area contributed by atoms with Crippen LogP contribution in [0.1, 0.15) is 50.4 Å². The number of carbonyl (C=O) groups excluding carboxylic acids is 2. The molecule has 1 fully saturated rings. The van der Waals surface area contributed by atoms with Gasteiger partial charge in [0.1, 0.15) is 6.04 Å². The van der Waals surface area contributed by atoms with Gasteiger partial charge in [-0.1, -0.05) is 41.8 Å². The van der Waals surface area contributed by atoms with Crippen LogP contribution in [0.3, 0.4) is 0 Å². The van der Waals surface area contributed by atoms with Crippen molar-refractivity contribution < 1.29 is 9.59 Å². The first-order chi connectivity index (χ1) is 11.0. The van der Waals surface area contributed by atoms with Crippen LogP contribution in [0.5, 0.6) is 0 Å². The van der Waals surface area contributed by atoms with Crippen LogP contribution in [0.25, 0.3) is 0 Å². The standard InChI is InChI=1S/C18H25BrN2O2/c1-4-5-9-16-18(23)20(13(2)3)10-11-21(16)17(22)14-7-6-8-15(19)12-14/h6-8,12-13,16H,4-5,9-11H2,1-3H3. The Morgan fingerprint density at radius 3 is 2.70 bits per heavy atom. The van der Waals surface area contributed by atoms with E-state index >= 15 is 0 Å². The van der Waals surface area contributed by atoms with Crippen LogP contribution in [0.4, 0.5) is 0 Å². The maximum atomic E-state index is 12.9. The summed E-state index contributed by atoms with van der Waals surface area (Å²) in [7, 11) is 0. The van der Waals surface area contributed by atoms with Crippen molar-refractivity contribution in [1.29, 1.82) is 0 Å². The fourth-order valence-corrected chi connectivity index (χ4v) is 3.43. The molecule has 126 valence electrons. The van der Waals surface area contributed by atoms with Gasteiger partial charge in [-0.2, -0.15) is 0 Å². The first-order valence-electron chi connectivity index (χ1n) is 8.32. The highest BCUT2D eigenvalue weighted by molar-refractivity contribution is 9.10. The first kappa shape index (κ1) is 18.0. The van der Waals surface area contributed by atoms with Crippen molar-refractivity contribution in [1.82, 2.24) is 9.80 Å². The molecule has 0 aliphatic carbocycles. The molecule has 4 nitrogen and oxygen atoms in total. The molecule has 1 aromatic carbocycles. The lowest BCUT2D eigenvalue weighted by atomic mass is 10.0. The smallest absolute Gasteiger partial charge is 0.254 e. The van der Waals surface area contributed by atoms with Crippen molar-refractivity contribution in [2.75, 3.05) is 13.1 Å². The van der Waals surface area contributed by atoms with Crippen LogP contribution >= 0.6 is 15.9 Å². The number of nitrogens with zero attached hydrogens (tertiary/aromatic N) is 2. The minimum atomic E-state index is -0.336. The number of benzene rings is 1. The SMILES string of the molecule is CCCCC1C(=O)N(C(C)C)CCN1C(=O)c1cccc(Br)c1. The van der Waals surface area contributed by atoms with Gasteiger partial charge in [0.15, 0.2) is 0 Å². The van der Waals surface area contributed by atoms with Crippen LogP contribution in [0, 0.1) is 0 Å². The molecule has 1 heterocycles. The normalized spacial score (nSPS) is 18.7. The van der Waals surface area contributed by atoms with Gasteiger partial charge in [-0.05, 0) is 38.5 Å². The summed E-state index contributed by atoms with van der Waals surface area (Å²) in [6.07, 6.45) is 2.70. The quantitative estimate of drug-likeness (QED) is 0.781. The molecular weight excluding hydrogens is 356 g/mol. The maximum absolute atomic E-state index is 12.9. The predicted molar refractivity (Wildman–Crippen MR) is 95.3 cm³/mol. The molecule has 1 aliphatic heterocycles. The van der Waals surface area contributed by atoms with Crippen molar-refractivity contribution in [2.45, 2.75) is 52.1 Å². The highest BCUT2D eigenvalue weighted by atomic mass is 79.9. The zero-order chi connectivity index (χ0) is 17.0. The van der Waals surface area contributed by atoms with Crippen molar-refractivity contribution in [3.63, 3.8) is 0 Å². The highest BCUT2D eigenvalue weighted by Gasteiger charge is 2.38. The van der Waals surface area contributed by atoms with E-state index in [1.54, 1.807) is 4.90 Å². The van der Waals surface area contributed by atoms with Gasteiger partial charge in [0.2, 0.25) is 5.91 Å². The summed E-state index contributed by atoms with van der Waals surface area (Å²) in [6, 6.07) is 7.21. The zero-order valence-electron chi connectivity index (χ0n) is 14.1. The molecule has 0 aromatic heterocycles. The molecule has 2 rings (SSSR count). The number of piperazine rings is 1. The molecule has 1 unspecified atom stereocenters. The highest BCUT2D eigenvalue weighted by Crippen LogP contribution is 2.22. The average Bonchev–Trinajstić information content (AvgIpc) is 2.52. The third-order valence-electron chi connectivity index (χ3n) is 4.31. The molecule has 0 bridgehead atoms. The van der Waals surface area contributed by atoms with E-state index < -0.39 is 0 Å². The average molecular weight is 381 g/mol. The van der Waals surface area contributed by atoms with Crippen LogP contribution in [0.15, 0.2) is 28.7 Å². The molecule has 0 spiro atoms. The minimum absolute atomic E-state index is 0.0517. The predicted octanol–water partition coefficient (Wildman–Crippen LogP) is 3.70. The van der Waals surface area contributed by atoms with Gasteiger partial charge < -0.3 is 9.80 Å². The number of rotatable bonds is 5. The van der Waals surface area contributed by atoms with Gasteiger partial charge in [0, 0.05) is 29.2 Å². The topological polar surface area (TPSA) is 40.6 Å². The van der Waals surface area contributed by atoms with Gasteiger partial charge in [-0.15, -0.1) is 0 Å². The lowest BCUT2D eigenvalue weighted by molar-refractivity contribution is -0.142. The summed E-state index contributed by atoms with van der Waals surface area (Å²) < 4.78 is 0.876. The van der Waals surface area contributed by atoms with Crippen LogP contribution < -0.4 is 0 Å². The van der Waals surface area contributed by atoms with E-state index in [1.165, 1.54) is 0 Å². The van der Waals surface area contributed by atoms with Gasteiger partial charge in [-0.3, -0.25) is 9.59 Å². The van der Waals surface area contributed by atoms with E-state index in [1.807, 2.05) is 43.0 Å². The molecule has 1 saturated heterocycles. The van der Waals surface area contributed by atoms with E-state index in [2.05, 4.69) is 22.9 Å². The molecule has 0 N–H and O–H groups in total. The van der Waals surface area contributed by atoms with E-state index in [-0.39, 0.29) is 23.9 Å².